The molecule has 0 amide bonds. The first-order valence-corrected chi connectivity index (χ1v) is 9.99. The number of thioether (sulfide) groups is 1. The molecule has 1 unspecified atom stereocenters. The van der Waals surface area contributed by atoms with Crippen LogP contribution in [0.4, 0.5) is 0 Å². The topological polar surface area (TPSA) is 26.3 Å². The fourth-order valence-electron chi connectivity index (χ4n) is 3.12. The van der Waals surface area contributed by atoms with Crippen molar-refractivity contribution in [1.82, 2.24) is 0 Å². The number of hydrogen-bond acceptors (Lipinski definition) is 3. The predicted molar refractivity (Wildman–Crippen MR) is 103 cm³/mol. The van der Waals surface area contributed by atoms with E-state index in [1.165, 1.54) is 24.0 Å². The van der Waals surface area contributed by atoms with Gasteiger partial charge in [-0.1, -0.05) is 55.8 Å². The molecule has 1 aromatic rings. The van der Waals surface area contributed by atoms with E-state index >= 15 is 0 Å². The Kier molecular flexibility index (Phi) is 7.41. The smallest absolute Gasteiger partial charge is 0.306 e. The molecule has 0 radical (unpaired) electrons. The maximum atomic E-state index is 12.0. The van der Waals surface area contributed by atoms with E-state index in [0.717, 1.165) is 18.6 Å². The second kappa shape index (κ2) is 9.31. The number of carbonyl (C=O) groups is 1. The number of hydrogen-bond donors (Lipinski definition) is 0. The molecule has 0 aliphatic heterocycles. The Morgan fingerprint density at radius 2 is 2.04 bits per heavy atom. The number of allylic oxidation sites excluding steroid dienone is 2. The second-order valence-electron chi connectivity index (χ2n) is 7.03. The number of rotatable bonds is 8. The minimum Gasteiger partial charge on any atom is -0.465 e. The molecular formula is C21H30O2S. The highest BCUT2D eigenvalue weighted by Gasteiger charge is 2.35. The summed E-state index contributed by atoms with van der Waals surface area (Å²) in [5.41, 5.74) is 2.72. The second-order valence-corrected chi connectivity index (χ2v) is 8.54. The molecule has 1 aromatic carbocycles. The van der Waals surface area contributed by atoms with Crippen molar-refractivity contribution < 1.29 is 9.53 Å². The molecular weight excluding hydrogens is 316 g/mol. The van der Waals surface area contributed by atoms with Gasteiger partial charge in [-0.25, -0.2) is 0 Å². The number of ether oxygens (including phenoxy) is 1. The minimum atomic E-state index is -0.0696. The zero-order chi connectivity index (χ0) is 17.4. The zero-order valence-corrected chi connectivity index (χ0v) is 16.0. The van der Waals surface area contributed by atoms with E-state index in [4.69, 9.17) is 4.74 Å². The van der Waals surface area contributed by atoms with Crippen LogP contribution >= 0.6 is 11.8 Å². The molecule has 132 valence electrons. The quantitative estimate of drug-likeness (QED) is 0.464. The zero-order valence-electron chi connectivity index (χ0n) is 15.2. The first-order valence-electron chi connectivity index (χ1n) is 9.01. The summed E-state index contributed by atoms with van der Waals surface area (Å²) < 4.78 is 5.68. The van der Waals surface area contributed by atoms with E-state index < -0.39 is 0 Å². The molecule has 0 saturated carbocycles. The van der Waals surface area contributed by atoms with Crippen molar-refractivity contribution in [2.45, 2.75) is 57.6 Å². The van der Waals surface area contributed by atoms with Crippen LogP contribution in [0, 0.1) is 5.92 Å². The molecule has 3 heteroatoms. The third-order valence-electron chi connectivity index (χ3n) is 4.98. The van der Waals surface area contributed by atoms with Crippen LogP contribution in [0.1, 0.15) is 52.0 Å². The third-order valence-corrected chi connectivity index (χ3v) is 6.81. The summed E-state index contributed by atoms with van der Waals surface area (Å²) in [5, 5.41) is 0. The first-order chi connectivity index (χ1) is 11.5. The van der Waals surface area contributed by atoms with Crippen molar-refractivity contribution in [3.05, 3.63) is 47.5 Å². The van der Waals surface area contributed by atoms with Crippen LogP contribution in [-0.2, 0) is 16.0 Å². The fraction of sp³-hybridized carbons (Fsp3) is 0.571. The van der Waals surface area contributed by atoms with Crippen LogP contribution in [0.5, 0.6) is 0 Å². The standard InChI is InChI=1S/C21H30O2S/c1-17(2)21(13-9-18(3)10-14-21)24-16-12-20(22)23-15-11-19-7-5-4-6-8-19/h4-9,17H,10-16H2,1-3H3. The maximum absolute atomic E-state index is 12.0. The molecule has 0 fully saturated rings. The van der Waals surface area contributed by atoms with E-state index in [2.05, 4.69) is 39.0 Å². The van der Waals surface area contributed by atoms with Crippen molar-refractivity contribution in [1.29, 1.82) is 0 Å². The molecule has 24 heavy (non-hydrogen) atoms. The summed E-state index contributed by atoms with van der Waals surface area (Å²) in [4.78, 5) is 12.0. The van der Waals surface area contributed by atoms with Crippen molar-refractivity contribution >= 4 is 17.7 Å². The molecule has 2 nitrogen and oxygen atoms in total. The Morgan fingerprint density at radius 1 is 1.29 bits per heavy atom. The number of esters is 1. The Labute approximate surface area is 151 Å². The van der Waals surface area contributed by atoms with Crippen LogP contribution in [-0.4, -0.2) is 23.1 Å². The van der Waals surface area contributed by atoms with E-state index in [1.54, 1.807) is 0 Å². The summed E-state index contributed by atoms with van der Waals surface area (Å²) in [6.45, 7) is 7.31. The van der Waals surface area contributed by atoms with Crippen LogP contribution in [0.3, 0.4) is 0 Å². The molecule has 0 N–H and O–H groups in total. The average molecular weight is 347 g/mol. The van der Waals surface area contributed by atoms with E-state index in [9.17, 15) is 4.79 Å². The van der Waals surface area contributed by atoms with Gasteiger partial charge in [-0.2, -0.15) is 11.8 Å². The van der Waals surface area contributed by atoms with Crippen molar-refractivity contribution in [2.75, 3.05) is 12.4 Å². The lowest BCUT2D eigenvalue weighted by atomic mass is 9.82. The van der Waals surface area contributed by atoms with Crippen LogP contribution in [0.15, 0.2) is 42.0 Å². The summed E-state index contributed by atoms with van der Waals surface area (Å²) >= 11 is 1.97. The Morgan fingerprint density at radius 3 is 2.67 bits per heavy atom. The minimum absolute atomic E-state index is 0.0696. The molecule has 0 bridgehead atoms. The summed E-state index contributed by atoms with van der Waals surface area (Å²) in [6.07, 6.45) is 7.22. The Balaban J connectivity index is 1.69. The molecule has 1 aliphatic rings. The van der Waals surface area contributed by atoms with Gasteiger partial charge in [-0.05, 0) is 37.7 Å². The van der Waals surface area contributed by atoms with Gasteiger partial charge < -0.3 is 4.74 Å². The first kappa shape index (κ1) is 19.1. The third kappa shape index (κ3) is 5.70. The number of benzene rings is 1. The largest absolute Gasteiger partial charge is 0.465 e. The molecule has 0 heterocycles. The van der Waals surface area contributed by atoms with Gasteiger partial charge in [0.2, 0.25) is 0 Å². The highest BCUT2D eigenvalue weighted by molar-refractivity contribution is 8.00. The van der Waals surface area contributed by atoms with Crippen LogP contribution < -0.4 is 0 Å². The van der Waals surface area contributed by atoms with Crippen molar-refractivity contribution in [3.63, 3.8) is 0 Å². The number of carbonyl (C=O) groups excluding carboxylic acids is 1. The fourth-order valence-corrected chi connectivity index (χ4v) is 4.58. The Bertz CT molecular complexity index is 550. The van der Waals surface area contributed by atoms with Gasteiger partial charge in [0.25, 0.3) is 0 Å². The lowest BCUT2D eigenvalue weighted by Crippen LogP contribution is -2.33. The van der Waals surface area contributed by atoms with Gasteiger partial charge in [0, 0.05) is 16.9 Å². The lowest BCUT2D eigenvalue weighted by molar-refractivity contribution is -0.143. The highest BCUT2D eigenvalue weighted by atomic mass is 32.2. The van der Waals surface area contributed by atoms with Crippen molar-refractivity contribution in [3.8, 4) is 0 Å². The highest BCUT2D eigenvalue weighted by Crippen LogP contribution is 2.44. The van der Waals surface area contributed by atoms with Gasteiger partial charge in [-0.15, -0.1) is 0 Å². The van der Waals surface area contributed by atoms with Gasteiger partial charge >= 0.3 is 5.97 Å². The molecule has 0 saturated heterocycles. The van der Waals surface area contributed by atoms with Crippen LogP contribution in [0.2, 0.25) is 0 Å². The summed E-state index contributed by atoms with van der Waals surface area (Å²) in [6, 6.07) is 10.2. The lowest BCUT2D eigenvalue weighted by Gasteiger charge is -2.39. The Hall–Kier alpha value is -1.22. The van der Waals surface area contributed by atoms with Gasteiger partial charge in [0.05, 0.1) is 13.0 Å². The molecule has 2 rings (SSSR count). The normalized spacial score (nSPS) is 20.8. The monoisotopic (exact) mass is 346 g/mol. The molecule has 0 spiro atoms. The van der Waals surface area contributed by atoms with Gasteiger partial charge in [-0.3, -0.25) is 4.79 Å². The maximum Gasteiger partial charge on any atom is 0.306 e. The van der Waals surface area contributed by atoms with Crippen LogP contribution in [0.25, 0.3) is 0 Å². The summed E-state index contributed by atoms with van der Waals surface area (Å²) in [7, 11) is 0. The van der Waals surface area contributed by atoms with E-state index in [-0.39, 0.29) is 5.97 Å². The van der Waals surface area contributed by atoms with Gasteiger partial charge in [0.15, 0.2) is 0 Å². The molecule has 1 atom stereocenters. The SMILES string of the molecule is CC1=CCC(SCCC(=O)OCCc2ccccc2)(C(C)C)CC1. The van der Waals surface area contributed by atoms with Gasteiger partial charge in [0.1, 0.15) is 0 Å². The summed E-state index contributed by atoms with van der Waals surface area (Å²) in [5.74, 6) is 1.41. The average Bonchev–Trinajstić information content (AvgIpc) is 2.57. The van der Waals surface area contributed by atoms with E-state index in [0.29, 0.717) is 23.7 Å². The van der Waals surface area contributed by atoms with Crippen molar-refractivity contribution in [2.24, 2.45) is 5.92 Å². The van der Waals surface area contributed by atoms with E-state index in [1.807, 2.05) is 30.0 Å². The molecule has 0 aromatic heterocycles. The predicted octanol–water partition coefficient (Wildman–Crippen LogP) is 5.42. The molecule has 1 aliphatic carbocycles.